The zero-order valence-electron chi connectivity index (χ0n) is 8.39. The number of rotatable bonds is 2. The highest BCUT2D eigenvalue weighted by Crippen LogP contribution is 2.00. The van der Waals surface area contributed by atoms with Gasteiger partial charge in [0.05, 0.1) is 6.54 Å². The zero-order valence-corrected chi connectivity index (χ0v) is 8.39. The molecule has 0 aliphatic heterocycles. The van der Waals surface area contributed by atoms with Gasteiger partial charge in [-0.15, -0.1) is 0 Å². The summed E-state index contributed by atoms with van der Waals surface area (Å²) in [4.78, 5) is 11.6. The summed E-state index contributed by atoms with van der Waals surface area (Å²) in [5.74, 6) is 0. The van der Waals surface area contributed by atoms with Crippen LogP contribution in [0.1, 0.15) is 11.1 Å². The van der Waals surface area contributed by atoms with Gasteiger partial charge < -0.3 is 4.57 Å². The number of hydrogen-bond acceptors (Lipinski definition) is 1. The van der Waals surface area contributed by atoms with E-state index in [1.807, 2.05) is 36.4 Å². The molecule has 0 fully saturated rings. The van der Waals surface area contributed by atoms with Crippen molar-refractivity contribution in [3.8, 4) is 0 Å². The molecule has 0 atom stereocenters. The Hall–Kier alpha value is -1.83. The van der Waals surface area contributed by atoms with E-state index in [0.717, 1.165) is 11.1 Å². The van der Waals surface area contributed by atoms with Crippen LogP contribution in [0, 0.1) is 6.92 Å². The van der Waals surface area contributed by atoms with Crippen molar-refractivity contribution in [2.24, 2.45) is 0 Å². The summed E-state index contributed by atoms with van der Waals surface area (Å²) in [7, 11) is 0. The molecule has 0 N–H and O–H groups in total. The Kier molecular flexibility index (Phi) is 2.68. The topological polar surface area (TPSA) is 22.0 Å². The van der Waals surface area contributed by atoms with Crippen molar-refractivity contribution in [2.45, 2.75) is 6.54 Å². The van der Waals surface area contributed by atoms with Crippen LogP contribution < -0.4 is 5.56 Å². The summed E-state index contributed by atoms with van der Waals surface area (Å²) in [6.07, 6.45) is 1.78. The molecule has 0 bridgehead atoms. The van der Waals surface area contributed by atoms with Gasteiger partial charge in [-0.2, -0.15) is 0 Å². The van der Waals surface area contributed by atoms with Crippen LogP contribution in [0.4, 0.5) is 0 Å². The highest BCUT2D eigenvalue weighted by molar-refractivity contribution is 5.18. The standard InChI is InChI=1S/C13H12NO/c1-11-7-8-14(13(15)9-11)10-12-5-3-2-4-6-12/h2-9H,1,10H2. The predicted molar refractivity (Wildman–Crippen MR) is 60.7 cm³/mol. The van der Waals surface area contributed by atoms with Crippen molar-refractivity contribution in [3.05, 3.63) is 77.1 Å². The van der Waals surface area contributed by atoms with Crippen molar-refractivity contribution in [1.29, 1.82) is 0 Å². The third-order valence-corrected chi connectivity index (χ3v) is 2.26. The number of nitrogens with zero attached hydrogens (tertiary/aromatic N) is 1. The molecule has 1 heterocycles. The summed E-state index contributed by atoms with van der Waals surface area (Å²) < 4.78 is 1.67. The average Bonchev–Trinajstić information content (AvgIpc) is 2.24. The summed E-state index contributed by atoms with van der Waals surface area (Å²) in [6.45, 7) is 4.33. The van der Waals surface area contributed by atoms with Crippen LogP contribution in [0.3, 0.4) is 0 Å². The maximum absolute atomic E-state index is 11.6. The first-order valence-electron chi connectivity index (χ1n) is 4.82. The lowest BCUT2D eigenvalue weighted by molar-refractivity contribution is 0.758. The minimum Gasteiger partial charge on any atom is -0.311 e. The van der Waals surface area contributed by atoms with Gasteiger partial charge in [0.1, 0.15) is 0 Å². The van der Waals surface area contributed by atoms with Crippen molar-refractivity contribution in [2.75, 3.05) is 0 Å². The fraction of sp³-hybridized carbons (Fsp3) is 0.0769. The molecule has 15 heavy (non-hydrogen) atoms. The van der Waals surface area contributed by atoms with Gasteiger partial charge in [0, 0.05) is 12.3 Å². The van der Waals surface area contributed by atoms with Gasteiger partial charge in [-0.1, -0.05) is 30.3 Å². The van der Waals surface area contributed by atoms with Crippen LogP contribution in [0.25, 0.3) is 0 Å². The maximum atomic E-state index is 11.6. The van der Waals surface area contributed by atoms with Crippen LogP contribution in [0.2, 0.25) is 0 Å². The Balaban J connectivity index is 2.29. The highest BCUT2D eigenvalue weighted by Gasteiger charge is 1.96. The Labute approximate surface area is 88.8 Å². The van der Waals surface area contributed by atoms with Gasteiger partial charge in [-0.3, -0.25) is 4.79 Å². The summed E-state index contributed by atoms with van der Waals surface area (Å²) in [6, 6.07) is 13.3. The third kappa shape index (κ3) is 2.34. The lowest BCUT2D eigenvalue weighted by Gasteiger charge is -2.05. The van der Waals surface area contributed by atoms with E-state index in [-0.39, 0.29) is 5.56 Å². The van der Waals surface area contributed by atoms with E-state index in [9.17, 15) is 4.79 Å². The number of hydrogen-bond donors (Lipinski definition) is 0. The quantitative estimate of drug-likeness (QED) is 0.724. The summed E-state index contributed by atoms with van der Waals surface area (Å²) in [5.41, 5.74) is 1.87. The van der Waals surface area contributed by atoms with E-state index in [2.05, 4.69) is 6.92 Å². The zero-order chi connectivity index (χ0) is 10.7. The van der Waals surface area contributed by atoms with Crippen LogP contribution in [0.5, 0.6) is 0 Å². The molecule has 0 aliphatic rings. The Morgan fingerprint density at radius 1 is 1.13 bits per heavy atom. The molecule has 0 saturated carbocycles. The van der Waals surface area contributed by atoms with Crippen molar-refractivity contribution < 1.29 is 0 Å². The van der Waals surface area contributed by atoms with Crippen LogP contribution in [0.15, 0.2) is 53.5 Å². The van der Waals surface area contributed by atoms with E-state index >= 15 is 0 Å². The van der Waals surface area contributed by atoms with Crippen LogP contribution >= 0.6 is 0 Å². The van der Waals surface area contributed by atoms with Gasteiger partial charge in [-0.25, -0.2) is 0 Å². The second-order valence-corrected chi connectivity index (χ2v) is 3.49. The highest BCUT2D eigenvalue weighted by atomic mass is 16.1. The molecule has 2 rings (SSSR count). The second kappa shape index (κ2) is 4.13. The van der Waals surface area contributed by atoms with Gasteiger partial charge in [0.25, 0.3) is 5.56 Å². The van der Waals surface area contributed by atoms with E-state index in [4.69, 9.17) is 0 Å². The smallest absolute Gasteiger partial charge is 0.251 e. The van der Waals surface area contributed by atoms with Gasteiger partial charge in [0.2, 0.25) is 0 Å². The molecule has 0 unspecified atom stereocenters. The maximum Gasteiger partial charge on any atom is 0.251 e. The molecule has 0 spiro atoms. The molecule has 1 aromatic carbocycles. The SMILES string of the molecule is [CH2]c1ccn(Cc2ccccc2)c(=O)c1. The normalized spacial score (nSPS) is 10.2. The van der Waals surface area contributed by atoms with Gasteiger partial charge >= 0.3 is 0 Å². The van der Waals surface area contributed by atoms with Crippen molar-refractivity contribution in [3.63, 3.8) is 0 Å². The minimum atomic E-state index is -0.00801. The fourth-order valence-electron chi connectivity index (χ4n) is 1.46. The fourth-order valence-corrected chi connectivity index (χ4v) is 1.46. The third-order valence-electron chi connectivity index (χ3n) is 2.26. The van der Waals surface area contributed by atoms with Crippen molar-refractivity contribution in [1.82, 2.24) is 4.57 Å². The first kappa shape index (κ1) is 9.71. The molecule has 2 nitrogen and oxygen atoms in total. The summed E-state index contributed by atoms with van der Waals surface area (Å²) >= 11 is 0. The largest absolute Gasteiger partial charge is 0.311 e. The van der Waals surface area contributed by atoms with Gasteiger partial charge in [0.15, 0.2) is 0 Å². The Morgan fingerprint density at radius 3 is 2.53 bits per heavy atom. The number of aromatic nitrogens is 1. The first-order chi connectivity index (χ1) is 7.25. The molecule has 2 heteroatoms. The predicted octanol–water partition coefficient (Wildman–Crippen LogP) is 2.08. The Bertz CT molecular complexity index is 499. The molecule has 0 aliphatic carbocycles. The lowest BCUT2D eigenvalue weighted by atomic mass is 10.2. The minimum absolute atomic E-state index is 0.00801. The van der Waals surface area contributed by atoms with E-state index in [1.165, 1.54) is 0 Å². The molecule has 1 radical (unpaired) electrons. The first-order valence-corrected chi connectivity index (χ1v) is 4.82. The summed E-state index contributed by atoms with van der Waals surface area (Å²) in [5, 5.41) is 0. The second-order valence-electron chi connectivity index (χ2n) is 3.49. The van der Waals surface area contributed by atoms with E-state index in [1.54, 1.807) is 16.8 Å². The van der Waals surface area contributed by atoms with Crippen molar-refractivity contribution >= 4 is 0 Å². The van der Waals surface area contributed by atoms with E-state index in [0.29, 0.717) is 6.54 Å². The monoisotopic (exact) mass is 198 g/mol. The molecular formula is C13H12NO. The number of benzene rings is 1. The molecule has 1 aromatic heterocycles. The van der Waals surface area contributed by atoms with Crippen LogP contribution in [-0.2, 0) is 6.54 Å². The Morgan fingerprint density at radius 2 is 1.87 bits per heavy atom. The molecule has 2 aromatic rings. The molecule has 0 amide bonds. The average molecular weight is 198 g/mol. The van der Waals surface area contributed by atoms with Gasteiger partial charge in [-0.05, 0) is 24.1 Å². The molecule has 0 saturated heterocycles. The molecule has 75 valence electrons. The lowest BCUT2D eigenvalue weighted by Crippen LogP contribution is -2.19. The van der Waals surface area contributed by atoms with E-state index < -0.39 is 0 Å². The number of pyridine rings is 1. The molecular weight excluding hydrogens is 186 g/mol. The van der Waals surface area contributed by atoms with Crippen LogP contribution in [-0.4, -0.2) is 4.57 Å².